The van der Waals surface area contributed by atoms with E-state index >= 15 is 0 Å². The van der Waals surface area contributed by atoms with E-state index in [2.05, 4.69) is 4.98 Å². The van der Waals surface area contributed by atoms with E-state index < -0.39 is 5.82 Å². The van der Waals surface area contributed by atoms with Crippen LogP contribution >= 0.6 is 11.6 Å². The second-order valence-corrected chi connectivity index (χ2v) is 4.61. The molecule has 3 nitrogen and oxygen atoms in total. The van der Waals surface area contributed by atoms with Gasteiger partial charge in [-0.1, -0.05) is 17.7 Å². The Kier molecular flexibility index (Phi) is 4.69. The van der Waals surface area contributed by atoms with E-state index in [0.717, 1.165) is 11.8 Å². The van der Waals surface area contributed by atoms with Crippen LogP contribution in [0, 0.1) is 5.82 Å². The lowest BCUT2D eigenvalue weighted by molar-refractivity contribution is -0.142. The van der Waals surface area contributed by atoms with Gasteiger partial charge in [-0.3, -0.25) is 9.78 Å². The third kappa shape index (κ3) is 3.54. The summed E-state index contributed by atoms with van der Waals surface area (Å²) in [4.78, 5) is 15.4. The summed E-state index contributed by atoms with van der Waals surface area (Å²) in [5.41, 5.74) is 2.00. The average molecular weight is 294 g/mol. The molecule has 0 saturated carbocycles. The molecule has 0 N–H and O–H groups in total. The highest BCUT2D eigenvalue weighted by Gasteiger charge is 2.12. The molecule has 0 unspecified atom stereocenters. The molecular weight excluding hydrogens is 281 g/mol. The monoisotopic (exact) mass is 293 g/mol. The van der Waals surface area contributed by atoms with E-state index in [1.165, 1.54) is 6.07 Å². The summed E-state index contributed by atoms with van der Waals surface area (Å²) >= 11 is 5.95. The number of hydrogen-bond donors (Lipinski definition) is 0. The van der Waals surface area contributed by atoms with Crippen molar-refractivity contribution in [3.63, 3.8) is 0 Å². The molecule has 0 aliphatic carbocycles. The van der Waals surface area contributed by atoms with Crippen LogP contribution in [-0.4, -0.2) is 17.6 Å². The maximum atomic E-state index is 13.3. The molecule has 2 rings (SSSR count). The Morgan fingerprint density at radius 2 is 2.15 bits per heavy atom. The average Bonchev–Trinajstić information content (AvgIpc) is 2.39. The fourth-order valence-corrected chi connectivity index (χ4v) is 2.11. The molecule has 0 fully saturated rings. The van der Waals surface area contributed by atoms with Gasteiger partial charge in [-0.25, -0.2) is 4.39 Å². The van der Waals surface area contributed by atoms with Crippen LogP contribution in [0.3, 0.4) is 0 Å². The number of nitrogens with zero attached hydrogens (tertiary/aromatic N) is 1. The van der Waals surface area contributed by atoms with Crippen LogP contribution in [0.2, 0.25) is 5.02 Å². The summed E-state index contributed by atoms with van der Waals surface area (Å²) in [6, 6.07) is 6.48. The van der Waals surface area contributed by atoms with E-state index in [4.69, 9.17) is 16.3 Å². The number of halogens is 2. The predicted octanol–water partition coefficient (Wildman–Crippen LogP) is 3.65. The van der Waals surface area contributed by atoms with Crippen LogP contribution in [0.1, 0.15) is 12.5 Å². The summed E-state index contributed by atoms with van der Waals surface area (Å²) in [5, 5.41) is 0.511. The second-order valence-electron chi connectivity index (χ2n) is 4.18. The summed E-state index contributed by atoms with van der Waals surface area (Å²) in [5.74, 6) is -0.778. The van der Waals surface area contributed by atoms with Gasteiger partial charge >= 0.3 is 5.97 Å². The summed E-state index contributed by atoms with van der Waals surface area (Å²) in [6.45, 7) is 2.06. The number of aromatic nitrogens is 1. The fraction of sp³-hybridized carbons (Fsp3) is 0.200. The quantitative estimate of drug-likeness (QED) is 0.808. The van der Waals surface area contributed by atoms with Gasteiger partial charge in [0.1, 0.15) is 5.82 Å². The molecule has 0 amide bonds. The van der Waals surface area contributed by atoms with Gasteiger partial charge in [0, 0.05) is 16.8 Å². The van der Waals surface area contributed by atoms with Gasteiger partial charge in [0.15, 0.2) is 0 Å². The first-order valence-electron chi connectivity index (χ1n) is 6.15. The molecule has 0 bridgehead atoms. The molecule has 1 aromatic carbocycles. The minimum atomic E-state index is -0.431. The molecule has 0 saturated heterocycles. The Morgan fingerprint density at radius 1 is 1.35 bits per heavy atom. The maximum absolute atomic E-state index is 13.3. The topological polar surface area (TPSA) is 39.2 Å². The highest BCUT2D eigenvalue weighted by Crippen LogP contribution is 2.27. The van der Waals surface area contributed by atoms with Gasteiger partial charge in [-0.15, -0.1) is 0 Å². The van der Waals surface area contributed by atoms with Crippen molar-refractivity contribution in [2.75, 3.05) is 6.61 Å². The third-order valence-electron chi connectivity index (χ3n) is 2.72. The Labute approximate surface area is 121 Å². The summed E-state index contributed by atoms with van der Waals surface area (Å²) in [7, 11) is 0. The Hall–Kier alpha value is -1.94. The largest absolute Gasteiger partial charge is 0.466 e. The van der Waals surface area contributed by atoms with Crippen LogP contribution in [0.25, 0.3) is 11.1 Å². The number of rotatable bonds is 4. The summed E-state index contributed by atoms with van der Waals surface area (Å²) < 4.78 is 18.2. The van der Waals surface area contributed by atoms with Crippen molar-refractivity contribution in [2.24, 2.45) is 0 Å². The standard InChI is InChI=1S/C15H13ClFNO2/c1-2-20-15(19)7-10-5-12(16)3-4-14(10)11-6-13(17)9-18-8-11/h3-6,8-9H,2,7H2,1H3. The van der Waals surface area contributed by atoms with Crippen LogP contribution in [0.15, 0.2) is 36.7 Å². The van der Waals surface area contributed by atoms with E-state index in [1.807, 2.05) is 0 Å². The molecule has 0 atom stereocenters. The smallest absolute Gasteiger partial charge is 0.310 e. The SMILES string of the molecule is CCOC(=O)Cc1cc(Cl)ccc1-c1cncc(F)c1. The lowest BCUT2D eigenvalue weighted by Crippen LogP contribution is -2.08. The number of hydrogen-bond acceptors (Lipinski definition) is 3. The molecule has 20 heavy (non-hydrogen) atoms. The van der Waals surface area contributed by atoms with Crippen molar-refractivity contribution in [3.05, 3.63) is 53.1 Å². The molecular formula is C15H13ClFNO2. The number of benzene rings is 1. The van der Waals surface area contributed by atoms with Crippen LogP contribution in [0.4, 0.5) is 4.39 Å². The zero-order valence-corrected chi connectivity index (χ0v) is 11.7. The van der Waals surface area contributed by atoms with Crippen molar-refractivity contribution >= 4 is 17.6 Å². The summed E-state index contributed by atoms with van der Waals surface area (Å²) in [6.07, 6.45) is 2.76. The molecule has 1 heterocycles. The van der Waals surface area contributed by atoms with Crippen LogP contribution in [0.5, 0.6) is 0 Å². The van der Waals surface area contributed by atoms with Crippen molar-refractivity contribution < 1.29 is 13.9 Å². The maximum Gasteiger partial charge on any atom is 0.310 e. The van der Waals surface area contributed by atoms with Crippen molar-refractivity contribution in [2.45, 2.75) is 13.3 Å². The van der Waals surface area contributed by atoms with Crippen LogP contribution < -0.4 is 0 Å². The van der Waals surface area contributed by atoms with Gasteiger partial charge in [-0.05, 0) is 36.2 Å². The lowest BCUT2D eigenvalue weighted by atomic mass is 9.99. The number of pyridine rings is 1. The zero-order chi connectivity index (χ0) is 14.5. The Bertz CT molecular complexity index is 631. The van der Waals surface area contributed by atoms with Gasteiger partial charge in [0.2, 0.25) is 0 Å². The van der Waals surface area contributed by atoms with Gasteiger partial charge in [0.05, 0.1) is 19.2 Å². The number of carbonyl (C=O) groups is 1. The zero-order valence-electron chi connectivity index (χ0n) is 10.9. The number of carbonyl (C=O) groups excluding carboxylic acids is 1. The molecule has 0 aliphatic heterocycles. The second kappa shape index (κ2) is 6.48. The molecule has 1 aromatic heterocycles. The van der Waals surface area contributed by atoms with Gasteiger partial charge < -0.3 is 4.74 Å². The normalized spacial score (nSPS) is 10.3. The predicted molar refractivity (Wildman–Crippen MR) is 75.0 cm³/mol. The van der Waals surface area contributed by atoms with Gasteiger partial charge in [0.25, 0.3) is 0 Å². The minimum Gasteiger partial charge on any atom is -0.466 e. The van der Waals surface area contributed by atoms with Crippen molar-refractivity contribution in [1.82, 2.24) is 4.98 Å². The molecule has 2 aromatic rings. The first-order chi connectivity index (χ1) is 9.60. The lowest BCUT2D eigenvalue weighted by Gasteiger charge is -2.10. The highest BCUT2D eigenvalue weighted by atomic mass is 35.5. The number of esters is 1. The van der Waals surface area contributed by atoms with E-state index in [1.54, 1.807) is 31.3 Å². The Balaban J connectivity index is 2.40. The molecule has 0 radical (unpaired) electrons. The molecule has 0 aliphatic rings. The fourth-order valence-electron chi connectivity index (χ4n) is 1.92. The first kappa shape index (κ1) is 14.5. The minimum absolute atomic E-state index is 0.0836. The number of ether oxygens (including phenoxy) is 1. The van der Waals surface area contributed by atoms with E-state index in [-0.39, 0.29) is 12.4 Å². The molecule has 104 valence electrons. The molecule has 5 heteroatoms. The third-order valence-corrected chi connectivity index (χ3v) is 2.96. The van der Waals surface area contributed by atoms with Crippen LogP contribution in [-0.2, 0) is 16.0 Å². The van der Waals surface area contributed by atoms with E-state index in [0.29, 0.717) is 22.8 Å². The highest BCUT2D eigenvalue weighted by molar-refractivity contribution is 6.30. The van der Waals surface area contributed by atoms with E-state index in [9.17, 15) is 9.18 Å². The van der Waals surface area contributed by atoms with Crippen molar-refractivity contribution in [3.8, 4) is 11.1 Å². The Morgan fingerprint density at radius 3 is 2.85 bits per heavy atom. The van der Waals surface area contributed by atoms with Gasteiger partial charge in [-0.2, -0.15) is 0 Å². The first-order valence-corrected chi connectivity index (χ1v) is 6.53. The van der Waals surface area contributed by atoms with Crippen molar-refractivity contribution in [1.29, 1.82) is 0 Å². The molecule has 0 spiro atoms.